The molecule has 1 N–H and O–H groups in total. The van der Waals surface area contributed by atoms with Crippen LogP contribution in [-0.2, 0) is 13.0 Å². The summed E-state index contributed by atoms with van der Waals surface area (Å²) < 4.78 is 2.36. The van der Waals surface area contributed by atoms with Gasteiger partial charge in [-0.2, -0.15) is 0 Å². The Balaban J connectivity index is 2.35. The largest absolute Gasteiger partial charge is 0.347 e. The number of nitrogens with one attached hydrogen (secondary N) is 1. The molecule has 0 aliphatic rings. The smallest absolute Gasteiger partial charge is 0.0485 e. The van der Waals surface area contributed by atoms with Crippen molar-refractivity contribution in [3.63, 3.8) is 0 Å². The minimum atomic E-state index is 1.05. The normalized spacial score (nSPS) is 11.2. The minimum absolute atomic E-state index is 1.05. The Hall–Kier alpha value is -1.28. The summed E-state index contributed by atoms with van der Waals surface area (Å²) in [5.41, 5.74) is 4.20. The number of rotatable bonds is 5. The highest BCUT2D eigenvalue weighted by Gasteiger charge is 2.07. The molecule has 1 aromatic carbocycles. The molecule has 0 radical (unpaired) electrons. The van der Waals surface area contributed by atoms with Crippen LogP contribution in [0.4, 0.5) is 0 Å². The van der Waals surface area contributed by atoms with Gasteiger partial charge in [-0.15, -0.1) is 0 Å². The summed E-state index contributed by atoms with van der Waals surface area (Å²) in [6.45, 7) is 6.50. The molecule has 17 heavy (non-hydrogen) atoms. The van der Waals surface area contributed by atoms with Gasteiger partial charge in [0.25, 0.3) is 0 Å². The van der Waals surface area contributed by atoms with Crippen molar-refractivity contribution in [2.45, 2.75) is 33.2 Å². The Bertz CT molecular complexity index is 497. The van der Waals surface area contributed by atoms with Crippen LogP contribution in [0.1, 0.15) is 24.5 Å². The van der Waals surface area contributed by atoms with Crippen LogP contribution in [0.3, 0.4) is 0 Å². The average Bonchev–Trinajstić information content (AvgIpc) is 2.67. The first-order valence-electron chi connectivity index (χ1n) is 6.49. The molecule has 1 heterocycles. The molecule has 2 nitrogen and oxygen atoms in total. The topological polar surface area (TPSA) is 17.0 Å². The van der Waals surface area contributed by atoms with Crippen molar-refractivity contribution in [1.29, 1.82) is 0 Å². The van der Waals surface area contributed by atoms with Crippen molar-refractivity contribution < 1.29 is 0 Å². The lowest BCUT2D eigenvalue weighted by molar-refractivity contribution is 0.721. The zero-order chi connectivity index (χ0) is 12.3. The molecular weight excluding hydrogens is 208 g/mol. The summed E-state index contributed by atoms with van der Waals surface area (Å²) in [5.74, 6) is 0. The predicted octanol–water partition coefficient (Wildman–Crippen LogP) is 3.12. The SMILES string of the molecule is CCn1cc(CCCNC)c2ccc(C)cc21. The zero-order valence-electron chi connectivity index (χ0n) is 11.1. The first-order chi connectivity index (χ1) is 8.26. The van der Waals surface area contributed by atoms with Crippen molar-refractivity contribution >= 4 is 10.9 Å². The first kappa shape index (κ1) is 12.2. The fourth-order valence-corrected chi connectivity index (χ4v) is 2.39. The van der Waals surface area contributed by atoms with E-state index in [0.717, 1.165) is 19.5 Å². The molecule has 2 heteroatoms. The van der Waals surface area contributed by atoms with Crippen LogP contribution in [0, 0.1) is 6.92 Å². The summed E-state index contributed by atoms with van der Waals surface area (Å²) in [7, 11) is 2.01. The van der Waals surface area contributed by atoms with E-state index in [1.807, 2.05) is 7.05 Å². The molecular formula is C15H22N2. The third-order valence-corrected chi connectivity index (χ3v) is 3.33. The molecule has 0 atom stereocenters. The molecule has 92 valence electrons. The average molecular weight is 230 g/mol. The summed E-state index contributed by atoms with van der Waals surface area (Å²) >= 11 is 0. The summed E-state index contributed by atoms with van der Waals surface area (Å²) in [5, 5.41) is 4.63. The van der Waals surface area contributed by atoms with E-state index in [-0.39, 0.29) is 0 Å². The van der Waals surface area contributed by atoms with E-state index in [1.165, 1.54) is 28.5 Å². The van der Waals surface area contributed by atoms with Gasteiger partial charge >= 0.3 is 0 Å². The van der Waals surface area contributed by atoms with Crippen molar-refractivity contribution in [2.24, 2.45) is 0 Å². The van der Waals surface area contributed by atoms with E-state index >= 15 is 0 Å². The van der Waals surface area contributed by atoms with Crippen LogP contribution in [0.5, 0.6) is 0 Å². The highest BCUT2D eigenvalue weighted by atomic mass is 14.9. The van der Waals surface area contributed by atoms with Gasteiger partial charge in [-0.25, -0.2) is 0 Å². The molecule has 0 amide bonds. The number of hydrogen-bond acceptors (Lipinski definition) is 1. The quantitative estimate of drug-likeness (QED) is 0.781. The second kappa shape index (κ2) is 5.37. The maximum Gasteiger partial charge on any atom is 0.0485 e. The summed E-state index contributed by atoms with van der Waals surface area (Å²) in [6, 6.07) is 6.77. The first-order valence-corrected chi connectivity index (χ1v) is 6.49. The van der Waals surface area contributed by atoms with E-state index < -0.39 is 0 Å². The molecule has 0 unspecified atom stereocenters. The molecule has 0 fully saturated rings. The van der Waals surface area contributed by atoms with Gasteiger partial charge in [0, 0.05) is 23.6 Å². The van der Waals surface area contributed by atoms with E-state index in [0.29, 0.717) is 0 Å². The number of benzene rings is 1. The number of nitrogens with zero attached hydrogens (tertiary/aromatic N) is 1. The molecule has 0 spiro atoms. The lowest BCUT2D eigenvalue weighted by Gasteiger charge is -2.01. The molecule has 2 aromatic rings. The Morgan fingerprint density at radius 3 is 2.82 bits per heavy atom. The van der Waals surface area contributed by atoms with Gasteiger partial charge in [0.2, 0.25) is 0 Å². The van der Waals surface area contributed by atoms with Gasteiger partial charge < -0.3 is 9.88 Å². The van der Waals surface area contributed by atoms with Crippen LogP contribution < -0.4 is 5.32 Å². The van der Waals surface area contributed by atoms with E-state index in [2.05, 4.69) is 48.1 Å². The minimum Gasteiger partial charge on any atom is -0.347 e. The Morgan fingerprint density at radius 1 is 1.29 bits per heavy atom. The van der Waals surface area contributed by atoms with Crippen LogP contribution in [0.15, 0.2) is 24.4 Å². The van der Waals surface area contributed by atoms with Crippen LogP contribution in [0.2, 0.25) is 0 Å². The van der Waals surface area contributed by atoms with Gasteiger partial charge in [-0.05, 0) is 57.5 Å². The van der Waals surface area contributed by atoms with Gasteiger partial charge in [-0.1, -0.05) is 12.1 Å². The molecule has 0 aliphatic heterocycles. The zero-order valence-corrected chi connectivity index (χ0v) is 11.1. The molecule has 0 saturated heterocycles. The molecule has 0 bridgehead atoms. The van der Waals surface area contributed by atoms with Crippen molar-refractivity contribution in [3.8, 4) is 0 Å². The lowest BCUT2D eigenvalue weighted by atomic mass is 10.1. The second-order valence-electron chi connectivity index (χ2n) is 4.67. The predicted molar refractivity (Wildman–Crippen MR) is 74.6 cm³/mol. The third-order valence-electron chi connectivity index (χ3n) is 3.33. The van der Waals surface area contributed by atoms with Crippen LogP contribution in [0.25, 0.3) is 10.9 Å². The Morgan fingerprint density at radius 2 is 2.12 bits per heavy atom. The molecule has 0 aliphatic carbocycles. The molecule has 2 rings (SSSR count). The van der Waals surface area contributed by atoms with Crippen molar-refractivity contribution in [2.75, 3.05) is 13.6 Å². The molecule has 1 aromatic heterocycles. The number of aryl methyl sites for hydroxylation is 3. The van der Waals surface area contributed by atoms with Crippen LogP contribution >= 0.6 is 0 Å². The molecule has 0 saturated carbocycles. The number of aromatic nitrogens is 1. The van der Waals surface area contributed by atoms with E-state index in [1.54, 1.807) is 0 Å². The van der Waals surface area contributed by atoms with E-state index in [4.69, 9.17) is 0 Å². The fraction of sp³-hybridized carbons (Fsp3) is 0.467. The maximum atomic E-state index is 3.21. The summed E-state index contributed by atoms with van der Waals surface area (Å²) in [6.07, 6.45) is 4.68. The van der Waals surface area contributed by atoms with Crippen molar-refractivity contribution in [3.05, 3.63) is 35.5 Å². The fourth-order valence-electron chi connectivity index (χ4n) is 2.39. The van der Waals surface area contributed by atoms with Gasteiger partial charge in [0.05, 0.1) is 0 Å². The highest BCUT2D eigenvalue weighted by molar-refractivity contribution is 5.84. The monoisotopic (exact) mass is 230 g/mol. The van der Waals surface area contributed by atoms with E-state index in [9.17, 15) is 0 Å². The Kier molecular flexibility index (Phi) is 3.85. The second-order valence-corrected chi connectivity index (χ2v) is 4.67. The summed E-state index contributed by atoms with van der Waals surface area (Å²) in [4.78, 5) is 0. The van der Waals surface area contributed by atoms with Gasteiger partial charge in [-0.3, -0.25) is 0 Å². The van der Waals surface area contributed by atoms with Crippen molar-refractivity contribution in [1.82, 2.24) is 9.88 Å². The standard InChI is InChI=1S/C15H22N2/c1-4-17-11-13(6-5-9-16-3)14-8-7-12(2)10-15(14)17/h7-8,10-11,16H,4-6,9H2,1-3H3. The number of hydrogen-bond donors (Lipinski definition) is 1. The third kappa shape index (κ3) is 2.52. The Labute approximate surface area is 104 Å². The number of fused-ring (bicyclic) bond motifs is 1. The lowest BCUT2D eigenvalue weighted by Crippen LogP contribution is -2.08. The highest BCUT2D eigenvalue weighted by Crippen LogP contribution is 2.23. The van der Waals surface area contributed by atoms with Crippen LogP contribution in [-0.4, -0.2) is 18.2 Å². The maximum absolute atomic E-state index is 3.21. The van der Waals surface area contributed by atoms with Gasteiger partial charge in [0.15, 0.2) is 0 Å². The van der Waals surface area contributed by atoms with Gasteiger partial charge in [0.1, 0.15) is 0 Å².